The van der Waals surface area contributed by atoms with Crippen molar-refractivity contribution in [3.8, 4) is 11.4 Å². The molecule has 0 radical (unpaired) electrons. The second-order valence-corrected chi connectivity index (χ2v) is 4.25. The average molecular weight is 281 g/mol. The summed E-state index contributed by atoms with van der Waals surface area (Å²) in [6.07, 6.45) is 3.33. The molecule has 0 unspecified atom stereocenters. The van der Waals surface area contributed by atoms with Gasteiger partial charge in [-0.1, -0.05) is 18.2 Å². The van der Waals surface area contributed by atoms with E-state index in [1.165, 1.54) is 0 Å². The minimum atomic E-state index is -0.390. The average Bonchev–Trinajstić information content (AvgIpc) is 3.08. The number of ether oxygens (including phenoxy) is 1. The molecular weight excluding hydrogens is 270 g/mol. The lowest BCUT2D eigenvalue weighted by atomic mass is 10.1. The fraction of sp³-hybridized carbons (Fsp3) is 0.0714. The third-order valence-corrected chi connectivity index (χ3v) is 2.82. The van der Waals surface area contributed by atoms with Crippen molar-refractivity contribution in [2.75, 3.05) is 0 Å². The summed E-state index contributed by atoms with van der Waals surface area (Å²) in [4.78, 5) is 15.9. The Bertz CT molecular complexity index is 711. The topological polar surface area (TPSA) is 93.6 Å². The SMILES string of the molecule is O=C(OCc1cccnc1)c1ccc(-c2nn[nH]n2)cc1. The van der Waals surface area contributed by atoms with Gasteiger partial charge >= 0.3 is 5.97 Å². The van der Waals surface area contributed by atoms with Gasteiger partial charge in [0.25, 0.3) is 0 Å². The van der Waals surface area contributed by atoms with Crippen molar-refractivity contribution >= 4 is 5.97 Å². The first-order valence-corrected chi connectivity index (χ1v) is 6.23. The Morgan fingerprint density at radius 1 is 1.19 bits per heavy atom. The van der Waals surface area contributed by atoms with E-state index in [-0.39, 0.29) is 6.61 Å². The summed E-state index contributed by atoms with van der Waals surface area (Å²) in [6, 6.07) is 10.5. The van der Waals surface area contributed by atoms with Crippen LogP contribution in [0.2, 0.25) is 0 Å². The highest BCUT2D eigenvalue weighted by atomic mass is 16.5. The van der Waals surface area contributed by atoms with Crippen molar-refractivity contribution in [1.82, 2.24) is 25.6 Å². The first-order chi connectivity index (χ1) is 10.3. The molecular formula is C14H11N5O2. The van der Waals surface area contributed by atoms with Crippen LogP contribution in [0.4, 0.5) is 0 Å². The summed E-state index contributed by atoms with van der Waals surface area (Å²) in [5.74, 6) is 0.0868. The van der Waals surface area contributed by atoms with E-state index in [1.807, 2.05) is 6.07 Å². The molecule has 104 valence electrons. The Balaban J connectivity index is 1.65. The van der Waals surface area contributed by atoms with Crippen LogP contribution in [0.15, 0.2) is 48.8 Å². The second-order valence-electron chi connectivity index (χ2n) is 4.25. The molecule has 2 aromatic heterocycles. The Morgan fingerprint density at radius 2 is 2.05 bits per heavy atom. The summed E-state index contributed by atoms with van der Waals surface area (Å²) < 4.78 is 5.22. The molecule has 21 heavy (non-hydrogen) atoms. The van der Waals surface area contributed by atoms with Crippen LogP contribution in [0.3, 0.4) is 0 Å². The number of nitrogens with zero attached hydrogens (tertiary/aromatic N) is 4. The van der Waals surface area contributed by atoms with Crippen molar-refractivity contribution < 1.29 is 9.53 Å². The summed E-state index contributed by atoms with van der Waals surface area (Å²) in [5.41, 5.74) is 2.08. The molecule has 0 aliphatic carbocycles. The fourth-order valence-corrected chi connectivity index (χ4v) is 1.76. The molecule has 7 nitrogen and oxygen atoms in total. The second kappa shape index (κ2) is 5.91. The third-order valence-electron chi connectivity index (χ3n) is 2.82. The van der Waals surface area contributed by atoms with Crippen molar-refractivity contribution in [3.05, 3.63) is 59.9 Å². The summed E-state index contributed by atoms with van der Waals surface area (Å²) in [7, 11) is 0. The van der Waals surface area contributed by atoms with Crippen LogP contribution in [-0.4, -0.2) is 31.6 Å². The van der Waals surface area contributed by atoms with Crippen LogP contribution in [0, 0.1) is 0 Å². The molecule has 0 amide bonds. The molecule has 0 atom stereocenters. The van der Waals surface area contributed by atoms with Gasteiger partial charge in [0.1, 0.15) is 6.61 Å². The third kappa shape index (κ3) is 3.08. The maximum Gasteiger partial charge on any atom is 0.338 e. The zero-order valence-electron chi connectivity index (χ0n) is 10.9. The fourth-order valence-electron chi connectivity index (χ4n) is 1.76. The van der Waals surface area contributed by atoms with Gasteiger partial charge < -0.3 is 4.74 Å². The molecule has 0 spiro atoms. The van der Waals surface area contributed by atoms with Crippen LogP contribution >= 0.6 is 0 Å². The lowest BCUT2D eigenvalue weighted by Gasteiger charge is -2.05. The number of benzene rings is 1. The molecule has 1 aromatic carbocycles. The van der Waals surface area contributed by atoms with Gasteiger partial charge in [-0.2, -0.15) is 5.21 Å². The standard InChI is InChI=1S/C14H11N5O2/c20-14(21-9-10-2-1-7-15-8-10)12-5-3-11(4-6-12)13-16-18-19-17-13/h1-8H,9H2,(H,16,17,18,19). The van der Waals surface area contributed by atoms with Crippen molar-refractivity contribution in [1.29, 1.82) is 0 Å². The van der Waals surface area contributed by atoms with E-state index in [9.17, 15) is 4.79 Å². The molecule has 0 saturated heterocycles. The monoisotopic (exact) mass is 281 g/mol. The van der Waals surface area contributed by atoms with E-state index in [0.29, 0.717) is 11.4 Å². The highest BCUT2D eigenvalue weighted by Crippen LogP contribution is 2.14. The Labute approximate surface area is 120 Å². The number of rotatable bonds is 4. The van der Waals surface area contributed by atoms with Crippen LogP contribution in [0.1, 0.15) is 15.9 Å². The number of esters is 1. The molecule has 0 aliphatic heterocycles. The van der Waals surface area contributed by atoms with Gasteiger partial charge in [0.2, 0.25) is 5.82 Å². The molecule has 0 fully saturated rings. The van der Waals surface area contributed by atoms with Gasteiger partial charge in [0, 0.05) is 23.5 Å². The number of carbonyl (C=O) groups is 1. The van der Waals surface area contributed by atoms with Gasteiger partial charge in [-0.3, -0.25) is 4.98 Å². The number of aromatic amines is 1. The maximum absolute atomic E-state index is 11.9. The van der Waals surface area contributed by atoms with Crippen LogP contribution in [0.25, 0.3) is 11.4 Å². The molecule has 0 saturated carbocycles. The van der Waals surface area contributed by atoms with Gasteiger partial charge in [-0.25, -0.2) is 4.79 Å². The Kier molecular flexibility index (Phi) is 3.64. The van der Waals surface area contributed by atoms with Crippen LogP contribution < -0.4 is 0 Å². The molecule has 3 rings (SSSR count). The smallest absolute Gasteiger partial charge is 0.338 e. The highest BCUT2D eigenvalue weighted by Gasteiger charge is 2.09. The molecule has 0 bridgehead atoms. The van der Waals surface area contributed by atoms with E-state index in [4.69, 9.17) is 4.74 Å². The normalized spacial score (nSPS) is 10.3. The number of H-pyrrole nitrogens is 1. The molecule has 3 aromatic rings. The largest absolute Gasteiger partial charge is 0.457 e. The number of tetrazole rings is 1. The summed E-state index contributed by atoms with van der Waals surface area (Å²) in [6.45, 7) is 0.194. The van der Waals surface area contributed by atoms with E-state index in [1.54, 1.807) is 42.7 Å². The number of pyridine rings is 1. The van der Waals surface area contributed by atoms with E-state index in [2.05, 4.69) is 25.6 Å². The molecule has 7 heteroatoms. The van der Waals surface area contributed by atoms with Gasteiger partial charge in [-0.05, 0) is 23.4 Å². The van der Waals surface area contributed by atoms with Crippen molar-refractivity contribution in [3.63, 3.8) is 0 Å². The zero-order chi connectivity index (χ0) is 14.5. The quantitative estimate of drug-likeness (QED) is 0.730. The van der Waals surface area contributed by atoms with Gasteiger partial charge in [-0.15, -0.1) is 10.2 Å². The minimum Gasteiger partial charge on any atom is -0.457 e. The van der Waals surface area contributed by atoms with Gasteiger partial charge in [0.05, 0.1) is 5.56 Å². The van der Waals surface area contributed by atoms with Gasteiger partial charge in [0.15, 0.2) is 0 Å². The molecule has 0 aliphatic rings. The molecule has 2 heterocycles. The number of carbonyl (C=O) groups excluding carboxylic acids is 1. The number of hydrogen-bond acceptors (Lipinski definition) is 6. The van der Waals surface area contributed by atoms with Crippen LogP contribution in [-0.2, 0) is 11.3 Å². The van der Waals surface area contributed by atoms with E-state index >= 15 is 0 Å². The van der Waals surface area contributed by atoms with Crippen LogP contribution in [0.5, 0.6) is 0 Å². The number of aromatic nitrogens is 5. The van der Waals surface area contributed by atoms with E-state index in [0.717, 1.165) is 11.1 Å². The maximum atomic E-state index is 11.9. The van der Waals surface area contributed by atoms with E-state index < -0.39 is 5.97 Å². The predicted molar refractivity (Wildman–Crippen MR) is 73.0 cm³/mol. The first kappa shape index (κ1) is 12.9. The lowest BCUT2D eigenvalue weighted by molar-refractivity contribution is 0.0472. The lowest BCUT2D eigenvalue weighted by Crippen LogP contribution is -2.05. The predicted octanol–water partition coefficient (Wildman–Crippen LogP) is 1.62. The van der Waals surface area contributed by atoms with Crippen molar-refractivity contribution in [2.24, 2.45) is 0 Å². The van der Waals surface area contributed by atoms with Crippen molar-refractivity contribution in [2.45, 2.75) is 6.61 Å². The number of hydrogen-bond donors (Lipinski definition) is 1. The first-order valence-electron chi connectivity index (χ1n) is 6.23. The highest BCUT2D eigenvalue weighted by molar-refractivity contribution is 5.89. The zero-order valence-corrected chi connectivity index (χ0v) is 10.9. The number of nitrogens with one attached hydrogen (secondary N) is 1. The Morgan fingerprint density at radius 3 is 2.71 bits per heavy atom. The Hall–Kier alpha value is -3.09. The summed E-state index contributed by atoms with van der Waals surface area (Å²) >= 11 is 0. The minimum absolute atomic E-state index is 0.194. The summed E-state index contributed by atoms with van der Waals surface area (Å²) in [5, 5.41) is 13.6. The molecule has 1 N–H and O–H groups in total.